The van der Waals surface area contributed by atoms with Crippen LogP contribution in [0.15, 0.2) is 53.4 Å². The highest BCUT2D eigenvalue weighted by atomic mass is 35.5. The molecule has 1 N–H and O–H groups in total. The van der Waals surface area contributed by atoms with Crippen LogP contribution < -0.4 is 10.2 Å². The molecule has 0 radical (unpaired) electrons. The van der Waals surface area contributed by atoms with Crippen LogP contribution in [0.2, 0.25) is 5.02 Å². The number of thioether (sulfide) groups is 1. The Morgan fingerprint density at radius 1 is 1.20 bits per heavy atom. The van der Waals surface area contributed by atoms with Crippen LogP contribution in [0.3, 0.4) is 0 Å². The van der Waals surface area contributed by atoms with Crippen LogP contribution in [0.25, 0.3) is 0 Å². The Balaban J connectivity index is 1.61. The maximum atomic E-state index is 12.5. The van der Waals surface area contributed by atoms with Gasteiger partial charge in [0.2, 0.25) is 5.91 Å². The van der Waals surface area contributed by atoms with Gasteiger partial charge in [-0.1, -0.05) is 23.7 Å². The van der Waals surface area contributed by atoms with E-state index >= 15 is 0 Å². The summed E-state index contributed by atoms with van der Waals surface area (Å²) in [6, 6.07) is 14.6. The SMILES string of the molecule is CSc1cccc(NC(=O)CN2CCN(c3cccc(Cl)c3)C2=O)c1. The highest BCUT2D eigenvalue weighted by molar-refractivity contribution is 7.98. The topological polar surface area (TPSA) is 52.7 Å². The van der Waals surface area contributed by atoms with E-state index in [0.29, 0.717) is 18.1 Å². The van der Waals surface area contributed by atoms with E-state index in [9.17, 15) is 9.59 Å². The number of carbonyl (C=O) groups is 2. The van der Waals surface area contributed by atoms with Crippen molar-refractivity contribution in [1.82, 2.24) is 4.90 Å². The molecule has 1 heterocycles. The predicted molar refractivity (Wildman–Crippen MR) is 103 cm³/mol. The van der Waals surface area contributed by atoms with Gasteiger partial charge < -0.3 is 10.2 Å². The molecule has 1 fully saturated rings. The van der Waals surface area contributed by atoms with Gasteiger partial charge in [0, 0.05) is 34.4 Å². The third-order valence-electron chi connectivity index (χ3n) is 3.90. The summed E-state index contributed by atoms with van der Waals surface area (Å²) in [4.78, 5) is 29.0. The number of carbonyl (C=O) groups excluding carboxylic acids is 2. The summed E-state index contributed by atoms with van der Waals surface area (Å²) >= 11 is 7.60. The Kier molecular flexibility index (Phi) is 5.50. The Morgan fingerprint density at radius 3 is 2.76 bits per heavy atom. The number of benzene rings is 2. The zero-order valence-corrected chi connectivity index (χ0v) is 15.3. The van der Waals surface area contributed by atoms with E-state index < -0.39 is 0 Å². The van der Waals surface area contributed by atoms with Crippen molar-refractivity contribution in [3.63, 3.8) is 0 Å². The first-order valence-corrected chi connectivity index (χ1v) is 9.43. The van der Waals surface area contributed by atoms with Crippen molar-refractivity contribution in [2.45, 2.75) is 4.90 Å². The summed E-state index contributed by atoms with van der Waals surface area (Å²) in [5, 5.41) is 3.42. The Bertz CT molecular complexity index is 799. The average Bonchev–Trinajstić information content (AvgIpc) is 2.95. The molecule has 1 aliphatic rings. The minimum Gasteiger partial charge on any atom is -0.325 e. The summed E-state index contributed by atoms with van der Waals surface area (Å²) in [5.74, 6) is -0.209. The van der Waals surface area contributed by atoms with Crippen LogP contribution in [0.4, 0.5) is 16.2 Å². The lowest BCUT2D eigenvalue weighted by Crippen LogP contribution is -2.37. The number of amides is 3. The first-order chi connectivity index (χ1) is 12.1. The molecule has 2 aromatic carbocycles. The van der Waals surface area contributed by atoms with Gasteiger partial charge in [0.1, 0.15) is 6.54 Å². The summed E-state index contributed by atoms with van der Waals surface area (Å²) in [5.41, 5.74) is 1.48. The molecule has 2 aromatic rings. The number of urea groups is 1. The van der Waals surface area contributed by atoms with Crippen molar-refractivity contribution in [3.8, 4) is 0 Å². The zero-order valence-electron chi connectivity index (χ0n) is 13.7. The average molecular weight is 376 g/mol. The first-order valence-electron chi connectivity index (χ1n) is 7.83. The normalized spacial score (nSPS) is 14.1. The predicted octanol–water partition coefficient (Wildman–Crippen LogP) is 3.94. The van der Waals surface area contributed by atoms with Gasteiger partial charge >= 0.3 is 6.03 Å². The van der Waals surface area contributed by atoms with E-state index in [1.165, 1.54) is 4.90 Å². The lowest BCUT2D eigenvalue weighted by Gasteiger charge is -2.18. The molecule has 1 saturated heterocycles. The third-order valence-corrected chi connectivity index (χ3v) is 4.86. The van der Waals surface area contributed by atoms with Crippen LogP contribution in [-0.2, 0) is 4.79 Å². The van der Waals surface area contributed by atoms with Gasteiger partial charge in [-0.05, 0) is 42.7 Å². The molecule has 0 aromatic heterocycles. The van der Waals surface area contributed by atoms with E-state index in [-0.39, 0.29) is 18.5 Å². The largest absolute Gasteiger partial charge is 0.325 e. The lowest BCUT2D eigenvalue weighted by molar-refractivity contribution is -0.116. The molecule has 0 atom stereocenters. The van der Waals surface area contributed by atoms with Gasteiger partial charge in [0.05, 0.1) is 0 Å². The number of nitrogens with one attached hydrogen (secondary N) is 1. The molecule has 0 spiro atoms. The lowest BCUT2D eigenvalue weighted by atomic mass is 10.3. The van der Waals surface area contributed by atoms with Crippen LogP contribution in [0.5, 0.6) is 0 Å². The molecule has 7 heteroatoms. The van der Waals surface area contributed by atoms with Crippen molar-refractivity contribution in [1.29, 1.82) is 0 Å². The summed E-state index contributed by atoms with van der Waals surface area (Å²) < 4.78 is 0. The van der Waals surface area contributed by atoms with Crippen molar-refractivity contribution in [2.24, 2.45) is 0 Å². The Labute approximate surface area is 155 Å². The molecule has 0 aliphatic carbocycles. The minimum absolute atomic E-state index is 0.0272. The molecule has 5 nitrogen and oxygen atoms in total. The molecular formula is C18H18ClN3O2S. The fourth-order valence-corrected chi connectivity index (χ4v) is 3.33. The highest BCUT2D eigenvalue weighted by Gasteiger charge is 2.30. The maximum Gasteiger partial charge on any atom is 0.325 e. The Hall–Kier alpha value is -2.18. The van der Waals surface area contributed by atoms with E-state index in [1.807, 2.05) is 36.6 Å². The molecule has 1 aliphatic heterocycles. The van der Waals surface area contributed by atoms with E-state index in [1.54, 1.807) is 34.9 Å². The molecule has 0 saturated carbocycles. The van der Waals surface area contributed by atoms with Crippen LogP contribution in [-0.4, -0.2) is 42.7 Å². The van der Waals surface area contributed by atoms with E-state index in [4.69, 9.17) is 11.6 Å². The van der Waals surface area contributed by atoms with Gasteiger partial charge in [-0.25, -0.2) is 4.79 Å². The molecule has 3 rings (SSSR count). The zero-order chi connectivity index (χ0) is 17.8. The van der Waals surface area contributed by atoms with Crippen LogP contribution >= 0.6 is 23.4 Å². The summed E-state index contributed by atoms with van der Waals surface area (Å²) in [7, 11) is 0. The molecule has 130 valence electrons. The second-order valence-corrected chi connectivity index (χ2v) is 6.93. The molecule has 25 heavy (non-hydrogen) atoms. The van der Waals surface area contributed by atoms with Crippen LogP contribution in [0, 0.1) is 0 Å². The quantitative estimate of drug-likeness (QED) is 0.805. The Morgan fingerprint density at radius 2 is 2.00 bits per heavy atom. The third kappa shape index (κ3) is 4.27. The fourth-order valence-electron chi connectivity index (χ4n) is 2.69. The second-order valence-electron chi connectivity index (χ2n) is 5.62. The molecule has 0 unspecified atom stereocenters. The van der Waals surface area contributed by atoms with Gasteiger partial charge in [-0.15, -0.1) is 11.8 Å². The number of rotatable bonds is 5. The van der Waals surface area contributed by atoms with E-state index in [0.717, 1.165) is 16.3 Å². The number of halogens is 1. The molecule has 0 bridgehead atoms. The first kappa shape index (κ1) is 17.6. The van der Waals surface area contributed by atoms with Gasteiger partial charge in [0.25, 0.3) is 0 Å². The van der Waals surface area contributed by atoms with Gasteiger partial charge in [-0.3, -0.25) is 9.69 Å². The molecule has 3 amide bonds. The number of anilines is 2. The fraction of sp³-hybridized carbons (Fsp3) is 0.222. The van der Waals surface area contributed by atoms with Crippen molar-refractivity contribution in [2.75, 3.05) is 36.1 Å². The maximum absolute atomic E-state index is 12.5. The summed E-state index contributed by atoms with van der Waals surface area (Å²) in [6.07, 6.45) is 1.98. The smallest absolute Gasteiger partial charge is 0.325 e. The van der Waals surface area contributed by atoms with Crippen molar-refractivity contribution >= 4 is 46.7 Å². The van der Waals surface area contributed by atoms with Gasteiger partial charge in [-0.2, -0.15) is 0 Å². The molecular weight excluding hydrogens is 358 g/mol. The van der Waals surface area contributed by atoms with E-state index in [2.05, 4.69) is 5.32 Å². The second kappa shape index (κ2) is 7.80. The number of hydrogen-bond donors (Lipinski definition) is 1. The van der Waals surface area contributed by atoms with Crippen molar-refractivity contribution < 1.29 is 9.59 Å². The number of nitrogens with zero attached hydrogens (tertiary/aromatic N) is 2. The highest BCUT2D eigenvalue weighted by Crippen LogP contribution is 2.23. The van der Waals surface area contributed by atoms with Crippen LogP contribution in [0.1, 0.15) is 0 Å². The van der Waals surface area contributed by atoms with Gasteiger partial charge in [0.15, 0.2) is 0 Å². The monoisotopic (exact) mass is 375 g/mol. The van der Waals surface area contributed by atoms with Crippen molar-refractivity contribution in [3.05, 3.63) is 53.6 Å². The standard InChI is InChI=1S/C18H18ClN3O2S/c1-25-16-7-3-5-14(11-16)20-17(23)12-21-8-9-22(18(21)24)15-6-2-4-13(19)10-15/h2-7,10-11H,8-9,12H2,1H3,(H,20,23). The number of hydrogen-bond acceptors (Lipinski definition) is 3. The summed E-state index contributed by atoms with van der Waals surface area (Å²) in [6.45, 7) is 1.07. The minimum atomic E-state index is -0.209.